The Bertz CT molecular complexity index is 790. The molecule has 1 aliphatic heterocycles. The highest BCUT2D eigenvalue weighted by molar-refractivity contribution is 7.91. The highest BCUT2D eigenvalue weighted by Crippen LogP contribution is 2.30. The van der Waals surface area contributed by atoms with Crippen LogP contribution in [-0.2, 0) is 21.9 Å². The fourth-order valence-electron chi connectivity index (χ4n) is 2.62. The summed E-state index contributed by atoms with van der Waals surface area (Å²) in [5, 5.41) is 7.17. The van der Waals surface area contributed by atoms with E-state index in [1.54, 1.807) is 17.1 Å². The number of hydrogen-bond acceptors (Lipinski definition) is 5. The van der Waals surface area contributed by atoms with Crippen molar-refractivity contribution in [1.82, 2.24) is 14.8 Å². The van der Waals surface area contributed by atoms with E-state index < -0.39 is 21.2 Å². The number of halogens is 1. The summed E-state index contributed by atoms with van der Waals surface area (Å²) >= 11 is 0. The van der Waals surface area contributed by atoms with Gasteiger partial charge in [-0.3, -0.25) is 4.68 Å². The Morgan fingerprint density at radius 3 is 3.00 bits per heavy atom. The minimum Gasteiger partial charge on any atom is -0.363 e. The number of nitrogens with zero attached hydrogens (tertiary/aromatic N) is 3. The van der Waals surface area contributed by atoms with Gasteiger partial charge in [0.05, 0.1) is 23.2 Å². The number of nitrogens with one attached hydrogen (secondary N) is 1. The van der Waals surface area contributed by atoms with E-state index in [1.807, 2.05) is 6.92 Å². The number of anilines is 1. The molecule has 1 saturated heterocycles. The molecule has 0 aliphatic carbocycles. The van der Waals surface area contributed by atoms with Crippen LogP contribution in [0.3, 0.4) is 0 Å². The summed E-state index contributed by atoms with van der Waals surface area (Å²) < 4.78 is 38.5. The molecule has 6 nitrogen and oxygen atoms in total. The standard InChI is InChI=1S/C14H17FN4O2S/c1-14(4-6-22(20,21)10-14)19-9-11(8-18-19)7-17-13-12(15)3-2-5-16-13/h2-3,5,8-9H,4,6-7,10H2,1H3,(H,16,17). The minimum atomic E-state index is -2.99. The van der Waals surface area contributed by atoms with Gasteiger partial charge in [-0.25, -0.2) is 17.8 Å². The Kier molecular flexibility index (Phi) is 3.64. The number of pyridine rings is 1. The SMILES string of the molecule is CC1(n2cc(CNc3ncccc3F)cn2)CCS(=O)(=O)C1. The third-order valence-corrected chi connectivity index (χ3v) is 5.78. The highest BCUT2D eigenvalue weighted by atomic mass is 32.2. The molecule has 0 amide bonds. The third-order valence-electron chi connectivity index (χ3n) is 3.89. The van der Waals surface area contributed by atoms with Crippen LogP contribution < -0.4 is 5.32 Å². The van der Waals surface area contributed by atoms with E-state index in [0.717, 1.165) is 5.56 Å². The second-order valence-corrected chi connectivity index (χ2v) is 8.00. The van der Waals surface area contributed by atoms with Crippen molar-refractivity contribution in [2.75, 3.05) is 16.8 Å². The van der Waals surface area contributed by atoms with Gasteiger partial charge in [0.25, 0.3) is 0 Å². The number of rotatable bonds is 4. The van der Waals surface area contributed by atoms with Crippen LogP contribution in [0.15, 0.2) is 30.7 Å². The van der Waals surface area contributed by atoms with Crippen LogP contribution in [0.4, 0.5) is 10.2 Å². The second kappa shape index (κ2) is 5.35. The summed E-state index contributed by atoms with van der Waals surface area (Å²) in [6.45, 7) is 2.26. The van der Waals surface area contributed by atoms with E-state index >= 15 is 0 Å². The van der Waals surface area contributed by atoms with Crippen LogP contribution >= 0.6 is 0 Å². The fraction of sp³-hybridized carbons (Fsp3) is 0.429. The number of aromatic nitrogens is 3. The zero-order valence-electron chi connectivity index (χ0n) is 12.2. The van der Waals surface area contributed by atoms with Gasteiger partial charge in [-0.2, -0.15) is 5.10 Å². The van der Waals surface area contributed by atoms with Gasteiger partial charge in [0, 0.05) is 24.5 Å². The van der Waals surface area contributed by atoms with Gasteiger partial charge in [0.1, 0.15) is 0 Å². The monoisotopic (exact) mass is 324 g/mol. The summed E-state index contributed by atoms with van der Waals surface area (Å²) in [4.78, 5) is 3.92. The average molecular weight is 324 g/mol. The predicted molar refractivity (Wildman–Crippen MR) is 80.7 cm³/mol. The van der Waals surface area contributed by atoms with E-state index in [0.29, 0.717) is 13.0 Å². The minimum absolute atomic E-state index is 0.101. The van der Waals surface area contributed by atoms with Crippen molar-refractivity contribution in [2.45, 2.75) is 25.4 Å². The summed E-state index contributed by atoms with van der Waals surface area (Å²) in [7, 11) is -2.99. The van der Waals surface area contributed by atoms with Crippen molar-refractivity contribution in [3.63, 3.8) is 0 Å². The maximum atomic E-state index is 13.5. The molecule has 1 unspecified atom stereocenters. The molecule has 0 aromatic carbocycles. The lowest BCUT2D eigenvalue weighted by Gasteiger charge is -2.22. The van der Waals surface area contributed by atoms with Crippen molar-refractivity contribution in [1.29, 1.82) is 0 Å². The Labute approximate surface area is 128 Å². The van der Waals surface area contributed by atoms with Crippen LogP contribution in [0.25, 0.3) is 0 Å². The summed E-state index contributed by atoms with van der Waals surface area (Å²) in [6.07, 6.45) is 5.52. The first kappa shape index (κ1) is 15.0. The molecular weight excluding hydrogens is 307 g/mol. The molecular formula is C14H17FN4O2S. The lowest BCUT2D eigenvalue weighted by atomic mass is 10.0. The van der Waals surface area contributed by atoms with E-state index in [-0.39, 0.29) is 17.3 Å². The molecule has 2 aromatic rings. The van der Waals surface area contributed by atoms with Crippen LogP contribution in [0, 0.1) is 5.82 Å². The first-order valence-electron chi connectivity index (χ1n) is 6.97. The maximum absolute atomic E-state index is 13.5. The van der Waals surface area contributed by atoms with E-state index in [2.05, 4.69) is 15.4 Å². The molecule has 1 N–H and O–H groups in total. The van der Waals surface area contributed by atoms with Crippen LogP contribution in [0.2, 0.25) is 0 Å². The quantitative estimate of drug-likeness (QED) is 0.923. The molecule has 118 valence electrons. The Morgan fingerprint density at radius 2 is 2.32 bits per heavy atom. The van der Waals surface area contributed by atoms with Crippen molar-refractivity contribution in [3.8, 4) is 0 Å². The first-order valence-corrected chi connectivity index (χ1v) is 8.79. The molecule has 1 aliphatic rings. The topological polar surface area (TPSA) is 76.9 Å². The molecule has 2 aromatic heterocycles. The van der Waals surface area contributed by atoms with Gasteiger partial charge in [0.2, 0.25) is 0 Å². The van der Waals surface area contributed by atoms with Crippen molar-refractivity contribution in [2.24, 2.45) is 0 Å². The lowest BCUT2D eigenvalue weighted by Crippen LogP contribution is -2.31. The van der Waals surface area contributed by atoms with Gasteiger partial charge < -0.3 is 5.32 Å². The van der Waals surface area contributed by atoms with E-state index in [1.165, 1.54) is 18.3 Å². The van der Waals surface area contributed by atoms with Gasteiger partial charge in [0.15, 0.2) is 21.5 Å². The largest absolute Gasteiger partial charge is 0.363 e. The zero-order chi connectivity index (χ0) is 15.8. The molecule has 1 atom stereocenters. The molecule has 0 radical (unpaired) electrons. The Hall–Kier alpha value is -1.96. The van der Waals surface area contributed by atoms with Crippen LogP contribution in [0.5, 0.6) is 0 Å². The molecule has 1 fully saturated rings. The highest BCUT2D eigenvalue weighted by Gasteiger charge is 2.40. The summed E-state index contributed by atoms with van der Waals surface area (Å²) in [5.41, 5.74) is 0.337. The second-order valence-electron chi connectivity index (χ2n) is 5.82. The third kappa shape index (κ3) is 2.96. The smallest absolute Gasteiger partial charge is 0.165 e. The summed E-state index contributed by atoms with van der Waals surface area (Å²) in [5.74, 6) is 0.0631. The molecule has 8 heteroatoms. The van der Waals surface area contributed by atoms with Crippen molar-refractivity contribution in [3.05, 3.63) is 42.1 Å². The Balaban J connectivity index is 1.71. The zero-order valence-corrected chi connectivity index (χ0v) is 13.0. The first-order chi connectivity index (χ1) is 10.4. The average Bonchev–Trinajstić information content (AvgIpc) is 3.04. The molecule has 3 rings (SSSR count). The van der Waals surface area contributed by atoms with Crippen LogP contribution in [-0.4, -0.2) is 34.7 Å². The fourth-order valence-corrected chi connectivity index (χ4v) is 4.74. The molecule has 0 spiro atoms. The lowest BCUT2D eigenvalue weighted by molar-refractivity contribution is 0.328. The van der Waals surface area contributed by atoms with E-state index in [4.69, 9.17) is 0 Å². The van der Waals surface area contributed by atoms with Gasteiger partial charge >= 0.3 is 0 Å². The van der Waals surface area contributed by atoms with Crippen molar-refractivity contribution >= 4 is 15.7 Å². The Morgan fingerprint density at radius 1 is 1.50 bits per heavy atom. The van der Waals surface area contributed by atoms with Gasteiger partial charge in [-0.05, 0) is 25.5 Å². The predicted octanol–water partition coefficient (Wildman–Crippen LogP) is 1.56. The molecule has 0 saturated carbocycles. The summed E-state index contributed by atoms with van der Waals surface area (Å²) in [6, 6.07) is 2.86. The van der Waals surface area contributed by atoms with Crippen LogP contribution in [0.1, 0.15) is 18.9 Å². The van der Waals surface area contributed by atoms with Gasteiger partial charge in [-0.15, -0.1) is 0 Å². The molecule has 0 bridgehead atoms. The molecule has 3 heterocycles. The number of sulfone groups is 1. The molecule has 22 heavy (non-hydrogen) atoms. The number of hydrogen-bond donors (Lipinski definition) is 1. The van der Waals surface area contributed by atoms with E-state index in [9.17, 15) is 12.8 Å². The maximum Gasteiger partial charge on any atom is 0.165 e. The normalized spacial score (nSPS) is 23.5. The van der Waals surface area contributed by atoms with Crippen molar-refractivity contribution < 1.29 is 12.8 Å². The van der Waals surface area contributed by atoms with Gasteiger partial charge in [-0.1, -0.05) is 0 Å².